The van der Waals surface area contributed by atoms with Crippen molar-refractivity contribution in [1.82, 2.24) is 0 Å². The average Bonchev–Trinajstić information content (AvgIpc) is 2.17. The normalized spacial score (nSPS) is 17.1. The van der Waals surface area contributed by atoms with Gasteiger partial charge in [0, 0.05) is 6.04 Å². The maximum atomic E-state index is 9.64. The first-order valence-electron chi connectivity index (χ1n) is 5.23. The van der Waals surface area contributed by atoms with E-state index in [2.05, 4.69) is 0 Å². The Hall–Kier alpha value is -1.06. The highest BCUT2D eigenvalue weighted by Gasteiger charge is 2.15. The van der Waals surface area contributed by atoms with Crippen LogP contribution in [0, 0.1) is 0 Å². The van der Waals surface area contributed by atoms with Gasteiger partial charge in [-0.15, -0.1) is 0 Å². The van der Waals surface area contributed by atoms with E-state index in [1.165, 1.54) is 0 Å². The number of phenolic OH excluding ortho intramolecular Hbond substituents is 1. The van der Waals surface area contributed by atoms with Crippen LogP contribution in [0.5, 0.6) is 5.75 Å². The van der Waals surface area contributed by atoms with Crippen molar-refractivity contribution in [2.24, 2.45) is 5.73 Å². The highest BCUT2D eigenvalue weighted by molar-refractivity contribution is 5.29. The van der Waals surface area contributed by atoms with Crippen molar-refractivity contribution in [1.29, 1.82) is 0 Å². The van der Waals surface area contributed by atoms with E-state index >= 15 is 0 Å². The monoisotopic (exact) mass is 209 g/mol. The summed E-state index contributed by atoms with van der Waals surface area (Å²) in [6.07, 6.45) is 0.114. The zero-order valence-electron chi connectivity index (χ0n) is 9.22. The first kappa shape index (κ1) is 12.0. The van der Waals surface area contributed by atoms with E-state index in [1.807, 2.05) is 13.0 Å². The van der Waals surface area contributed by atoms with Gasteiger partial charge in [0.15, 0.2) is 0 Å². The van der Waals surface area contributed by atoms with E-state index in [0.717, 1.165) is 5.56 Å². The second-order valence-corrected chi connectivity index (χ2v) is 4.16. The van der Waals surface area contributed by atoms with E-state index in [0.29, 0.717) is 6.42 Å². The van der Waals surface area contributed by atoms with Crippen LogP contribution in [0.15, 0.2) is 24.3 Å². The Kier molecular flexibility index (Phi) is 4.12. The molecule has 0 spiro atoms. The van der Waals surface area contributed by atoms with Crippen LogP contribution in [-0.4, -0.2) is 22.4 Å². The van der Waals surface area contributed by atoms with Crippen LogP contribution >= 0.6 is 0 Å². The molecule has 84 valence electrons. The molecule has 3 heteroatoms. The lowest BCUT2D eigenvalue weighted by Gasteiger charge is -2.19. The average molecular weight is 209 g/mol. The number of nitrogens with two attached hydrogens (primary N) is 1. The van der Waals surface area contributed by atoms with Gasteiger partial charge in [-0.3, -0.25) is 0 Å². The summed E-state index contributed by atoms with van der Waals surface area (Å²) in [4.78, 5) is 0. The summed E-state index contributed by atoms with van der Waals surface area (Å²) in [5.74, 6) is 0.452. The fourth-order valence-corrected chi connectivity index (χ4v) is 1.54. The molecule has 1 rings (SSSR count). The molecule has 1 aromatic carbocycles. The first-order valence-corrected chi connectivity index (χ1v) is 5.23. The summed E-state index contributed by atoms with van der Waals surface area (Å²) < 4.78 is 0. The third kappa shape index (κ3) is 3.53. The van der Waals surface area contributed by atoms with Crippen molar-refractivity contribution in [3.8, 4) is 5.75 Å². The van der Waals surface area contributed by atoms with Crippen molar-refractivity contribution in [2.75, 3.05) is 0 Å². The summed E-state index contributed by atoms with van der Waals surface area (Å²) in [7, 11) is 0. The van der Waals surface area contributed by atoms with Crippen molar-refractivity contribution < 1.29 is 10.2 Å². The Morgan fingerprint density at radius 1 is 1.33 bits per heavy atom. The topological polar surface area (TPSA) is 66.5 Å². The minimum absolute atomic E-state index is 0.193. The quantitative estimate of drug-likeness (QED) is 0.705. The second kappa shape index (κ2) is 5.14. The lowest BCUT2D eigenvalue weighted by molar-refractivity contribution is 0.134. The van der Waals surface area contributed by atoms with Crippen molar-refractivity contribution in [2.45, 2.75) is 38.3 Å². The van der Waals surface area contributed by atoms with Gasteiger partial charge < -0.3 is 15.9 Å². The van der Waals surface area contributed by atoms with Crippen LogP contribution in [0.2, 0.25) is 0 Å². The van der Waals surface area contributed by atoms with Gasteiger partial charge in [-0.25, -0.2) is 0 Å². The first-order chi connectivity index (χ1) is 7.00. The maximum absolute atomic E-state index is 9.64. The Balaban J connectivity index is 2.64. The molecule has 0 saturated carbocycles. The second-order valence-electron chi connectivity index (χ2n) is 4.16. The molecule has 3 unspecified atom stereocenters. The van der Waals surface area contributed by atoms with Crippen molar-refractivity contribution in [3.05, 3.63) is 29.8 Å². The molecule has 0 fully saturated rings. The minimum Gasteiger partial charge on any atom is -0.508 e. The number of phenols is 1. The van der Waals surface area contributed by atoms with Gasteiger partial charge in [0.1, 0.15) is 5.75 Å². The molecule has 0 heterocycles. The predicted molar refractivity (Wildman–Crippen MR) is 60.8 cm³/mol. The van der Waals surface area contributed by atoms with Gasteiger partial charge in [-0.05, 0) is 37.0 Å². The van der Waals surface area contributed by atoms with Gasteiger partial charge in [-0.1, -0.05) is 19.1 Å². The van der Waals surface area contributed by atoms with Crippen LogP contribution in [-0.2, 0) is 0 Å². The van der Waals surface area contributed by atoms with Crippen LogP contribution in [0.25, 0.3) is 0 Å². The number of benzene rings is 1. The van der Waals surface area contributed by atoms with Crippen LogP contribution in [0.3, 0.4) is 0 Å². The highest BCUT2D eigenvalue weighted by atomic mass is 16.3. The van der Waals surface area contributed by atoms with Gasteiger partial charge in [-0.2, -0.15) is 0 Å². The number of rotatable bonds is 4. The van der Waals surface area contributed by atoms with Crippen LogP contribution in [0.4, 0.5) is 0 Å². The van der Waals surface area contributed by atoms with Crippen LogP contribution < -0.4 is 5.73 Å². The minimum atomic E-state index is -0.498. The van der Waals surface area contributed by atoms with E-state index in [-0.39, 0.29) is 17.7 Å². The Bertz CT molecular complexity index is 312. The SMILES string of the molecule is CC(CC(O)C(C)N)c1cccc(O)c1. The molecule has 15 heavy (non-hydrogen) atoms. The number of aliphatic hydroxyl groups excluding tert-OH is 1. The molecule has 1 aromatic rings. The van der Waals surface area contributed by atoms with Gasteiger partial charge in [0.2, 0.25) is 0 Å². The molecule has 0 aliphatic carbocycles. The van der Waals surface area contributed by atoms with Crippen molar-refractivity contribution >= 4 is 0 Å². The third-order valence-corrected chi connectivity index (χ3v) is 2.64. The molecular weight excluding hydrogens is 190 g/mol. The molecule has 0 amide bonds. The van der Waals surface area contributed by atoms with E-state index < -0.39 is 6.10 Å². The largest absolute Gasteiger partial charge is 0.508 e. The highest BCUT2D eigenvalue weighted by Crippen LogP contribution is 2.24. The number of hydrogen-bond acceptors (Lipinski definition) is 3. The number of aliphatic hydroxyl groups is 1. The summed E-state index contributed by atoms with van der Waals surface area (Å²) in [6, 6.07) is 6.89. The van der Waals surface area contributed by atoms with Gasteiger partial charge in [0.05, 0.1) is 6.10 Å². The predicted octanol–water partition coefficient (Wildman–Crippen LogP) is 1.59. The summed E-state index contributed by atoms with van der Waals surface area (Å²) in [6.45, 7) is 3.81. The fraction of sp³-hybridized carbons (Fsp3) is 0.500. The molecule has 0 bridgehead atoms. The lowest BCUT2D eigenvalue weighted by atomic mass is 9.93. The molecule has 0 aliphatic rings. The molecule has 0 aliphatic heterocycles. The molecule has 0 aromatic heterocycles. The standard InChI is InChI=1S/C12H19NO2/c1-8(6-12(15)9(2)13)10-4-3-5-11(14)7-10/h3-5,7-9,12,14-15H,6,13H2,1-2H3. The van der Waals surface area contributed by atoms with Crippen molar-refractivity contribution in [3.63, 3.8) is 0 Å². The smallest absolute Gasteiger partial charge is 0.115 e. The molecular formula is C12H19NO2. The lowest BCUT2D eigenvalue weighted by Crippen LogP contribution is -2.32. The summed E-state index contributed by atoms with van der Waals surface area (Å²) in [5, 5.41) is 19.0. The number of hydrogen-bond donors (Lipinski definition) is 3. The molecule has 4 N–H and O–H groups in total. The number of aromatic hydroxyl groups is 1. The fourth-order valence-electron chi connectivity index (χ4n) is 1.54. The van der Waals surface area contributed by atoms with Gasteiger partial charge >= 0.3 is 0 Å². The summed E-state index contributed by atoms with van der Waals surface area (Å²) in [5.41, 5.74) is 6.62. The maximum Gasteiger partial charge on any atom is 0.115 e. The molecule has 3 nitrogen and oxygen atoms in total. The Labute approximate surface area is 90.5 Å². The zero-order valence-corrected chi connectivity index (χ0v) is 9.22. The van der Waals surface area contributed by atoms with E-state index in [1.54, 1.807) is 25.1 Å². The Morgan fingerprint density at radius 3 is 2.53 bits per heavy atom. The van der Waals surface area contributed by atoms with Crippen LogP contribution in [0.1, 0.15) is 31.7 Å². The Morgan fingerprint density at radius 2 is 2.00 bits per heavy atom. The summed E-state index contributed by atoms with van der Waals surface area (Å²) >= 11 is 0. The van der Waals surface area contributed by atoms with E-state index in [9.17, 15) is 10.2 Å². The zero-order chi connectivity index (χ0) is 11.4. The molecule has 0 radical (unpaired) electrons. The molecule has 0 saturated heterocycles. The van der Waals surface area contributed by atoms with E-state index in [4.69, 9.17) is 5.73 Å². The third-order valence-electron chi connectivity index (χ3n) is 2.64. The van der Waals surface area contributed by atoms with Gasteiger partial charge in [0.25, 0.3) is 0 Å². The molecule has 3 atom stereocenters.